The van der Waals surface area contributed by atoms with Crippen LogP contribution in [0.25, 0.3) is 0 Å². The Kier molecular flexibility index (Phi) is 4.74. The standard InChI is InChI=1S/C14H19FN2O2/c1-17(12-6-8-16-9-7-12)14(18)10-19-13-4-2-11(15)3-5-13/h2-5,12,16H,6-10H2,1H3. The van der Waals surface area contributed by atoms with Crippen LogP contribution in [-0.2, 0) is 4.79 Å². The summed E-state index contributed by atoms with van der Waals surface area (Å²) in [5.41, 5.74) is 0. The van der Waals surface area contributed by atoms with Crippen molar-refractivity contribution in [1.82, 2.24) is 10.2 Å². The second kappa shape index (κ2) is 6.52. The predicted molar refractivity (Wildman–Crippen MR) is 70.6 cm³/mol. The van der Waals surface area contributed by atoms with Crippen molar-refractivity contribution in [2.75, 3.05) is 26.7 Å². The molecule has 1 amide bonds. The summed E-state index contributed by atoms with van der Waals surface area (Å²) in [6, 6.07) is 5.96. The van der Waals surface area contributed by atoms with Crippen molar-refractivity contribution in [1.29, 1.82) is 0 Å². The highest BCUT2D eigenvalue weighted by molar-refractivity contribution is 5.77. The lowest BCUT2D eigenvalue weighted by atomic mass is 10.1. The lowest BCUT2D eigenvalue weighted by molar-refractivity contribution is -0.134. The number of benzene rings is 1. The molecule has 4 nitrogen and oxygen atoms in total. The van der Waals surface area contributed by atoms with E-state index in [1.807, 2.05) is 7.05 Å². The van der Waals surface area contributed by atoms with Gasteiger partial charge in [-0.25, -0.2) is 4.39 Å². The predicted octanol–water partition coefficient (Wildman–Crippen LogP) is 1.41. The van der Waals surface area contributed by atoms with Crippen molar-refractivity contribution >= 4 is 5.91 Å². The number of carbonyl (C=O) groups excluding carboxylic acids is 1. The van der Waals surface area contributed by atoms with Crippen LogP contribution in [0.15, 0.2) is 24.3 Å². The molecule has 0 bridgehead atoms. The zero-order valence-electron chi connectivity index (χ0n) is 11.1. The minimum absolute atomic E-state index is 0.00788. The van der Waals surface area contributed by atoms with E-state index in [1.54, 1.807) is 4.90 Å². The minimum atomic E-state index is -0.314. The second-order valence-electron chi connectivity index (χ2n) is 4.73. The fourth-order valence-electron chi connectivity index (χ4n) is 2.18. The van der Waals surface area contributed by atoms with Gasteiger partial charge in [-0.1, -0.05) is 0 Å². The van der Waals surface area contributed by atoms with Gasteiger partial charge in [-0.15, -0.1) is 0 Å². The maximum atomic E-state index is 12.7. The summed E-state index contributed by atoms with van der Waals surface area (Å²) in [4.78, 5) is 13.7. The summed E-state index contributed by atoms with van der Waals surface area (Å²) in [5, 5.41) is 3.27. The monoisotopic (exact) mass is 266 g/mol. The molecule has 19 heavy (non-hydrogen) atoms. The Morgan fingerprint density at radius 1 is 1.37 bits per heavy atom. The van der Waals surface area contributed by atoms with E-state index in [4.69, 9.17) is 4.74 Å². The molecule has 0 unspecified atom stereocenters. The molecule has 1 aliphatic rings. The van der Waals surface area contributed by atoms with Crippen LogP contribution in [0.5, 0.6) is 5.75 Å². The molecule has 104 valence electrons. The van der Waals surface area contributed by atoms with Crippen molar-refractivity contribution < 1.29 is 13.9 Å². The second-order valence-corrected chi connectivity index (χ2v) is 4.73. The first-order valence-corrected chi connectivity index (χ1v) is 6.51. The van der Waals surface area contributed by atoms with Crippen LogP contribution in [0.2, 0.25) is 0 Å². The number of likely N-dealkylation sites (N-methyl/N-ethyl adjacent to an activating group) is 1. The largest absolute Gasteiger partial charge is 0.484 e. The number of nitrogens with zero attached hydrogens (tertiary/aromatic N) is 1. The zero-order chi connectivity index (χ0) is 13.7. The maximum absolute atomic E-state index is 12.7. The summed E-state index contributed by atoms with van der Waals surface area (Å²) < 4.78 is 18.1. The van der Waals surface area contributed by atoms with E-state index in [-0.39, 0.29) is 24.4 Å². The molecule has 5 heteroatoms. The van der Waals surface area contributed by atoms with Gasteiger partial charge in [0.2, 0.25) is 0 Å². The molecule has 0 aromatic heterocycles. The van der Waals surface area contributed by atoms with Gasteiger partial charge in [-0.05, 0) is 50.2 Å². The topological polar surface area (TPSA) is 41.6 Å². The number of hydrogen-bond donors (Lipinski definition) is 1. The van der Waals surface area contributed by atoms with Gasteiger partial charge >= 0.3 is 0 Å². The van der Waals surface area contributed by atoms with E-state index >= 15 is 0 Å². The van der Waals surface area contributed by atoms with Crippen molar-refractivity contribution in [2.45, 2.75) is 18.9 Å². The van der Waals surface area contributed by atoms with Gasteiger partial charge in [-0.3, -0.25) is 4.79 Å². The number of amides is 1. The average Bonchev–Trinajstić information content (AvgIpc) is 2.46. The van der Waals surface area contributed by atoms with Crippen LogP contribution in [0.3, 0.4) is 0 Å². The smallest absolute Gasteiger partial charge is 0.260 e. The third-order valence-electron chi connectivity index (χ3n) is 3.43. The van der Waals surface area contributed by atoms with Crippen molar-refractivity contribution in [3.8, 4) is 5.75 Å². The van der Waals surface area contributed by atoms with Gasteiger partial charge in [0, 0.05) is 13.1 Å². The van der Waals surface area contributed by atoms with Gasteiger partial charge in [0.15, 0.2) is 6.61 Å². The van der Waals surface area contributed by atoms with E-state index in [2.05, 4.69) is 5.32 Å². The van der Waals surface area contributed by atoms with Gasteiger partial charge in [-0.2, -0.15) is 0 Å². The highest BCUT2D eigenvalue weighted by Crippen LogP contribution is 2.13. The molecule has 2 rings (SSSR count). The molecule has 0 spiro atoms. The Balaban J connectivity index is 1.81. The molecule has 0 saturated carbocycles. The normalized spacial score (nSPS) is 16.1. The number of rotatable bonds is 4. The lowest BCUT2D eigenvalue weighted by Gasteiger charge is -2.31. The number of hydrogen-bond acceptors (Lipinski definition) is 3. The van der Waals surface area contributed by atoms with Crippen LogP contribution in [0.4, 0.5) is 4.39 Å². The van der Waals surface area contributed by atoms with Gasteiger partial charge in [0.25, 0.3) is 5.91 Å². The molecule has 1 aromatic rings. The molecule has 1 fully saturated rings. The molecular weight excluding hydrogens is 247 g/mol. The van der Waals surface area contributed by atoms with E-state index in [0.717, 1.165) is 25.9 Å². The van der Waals surface area contributed by atoms with Gasteiger partial charge < -0.3 is 15.0 Å². The van der Waals surface area contributed by atoms with E-state index in [1.165, 1.54) is 24.3 Å². The minimum Gasteiger partial charge on any atom is -0.484 e. The van der Waals surface area contributed by atoms with Crippen LogP contribution in [0.1, 0.15) is 12.8 Å². The Bertz CT molecular complexity index is 416. The summed E-state index contributed by atoms with van der Waals surface area (Å²) in [6.07, 6.45) is 1.94. The van der Waals surface area contributed by atoms with Crippen LogP contribution < -0.4 is 10.1 Å². The molecule has 1 N–H and O–H groups in total. The lowest BCUT2D eigenvalue weighted by Crippen LogP contribution is -2.45. The van der Waals surface area contributed by atoms with E-state index in [9.17, 15) is 9.18 Å². The van der Waals surface area contributed by atoms with Crippen LogP contribution >= 0.6 is 0 Å². The number of halogens is 1. The summed E-state index contributed by atoms with van der Waals surface area (Å²) in [5.74, 6) is 0.148. The Morgan fingerprint density at radius 2 is 2.00 bits per heavy atom. The quantitative estimate of drug-likeness (QED) is 0.896. The number of piperidine rings is 1. The van der Waals surface area contributed by atoms with Gasteiger partial charge in [0.05, 0.1) is 0 Å². The average molecular weight is 266 g/mol. The van der Waals surface area contributed by atoms with Gasteiger partial charge in [0.1, 0.15) is 11.6 Å². The molecule has 1 saturated heterocycles. The van der Waals surface area contributed by atoms with E-state index < -0.39 is 0 Å². The molecule has 1 heterocycles. The number of ether oxygens (including phenoxy) is 1. The SMILES string of the molecule is CN(C(=O)COc1ccc(F)cc1)C1CCNCC1. The molecule has 0 radical (unpaired) electrons. The Morgan fingerprint density at radius 3 is 2.63 bits per heavy atom. The maximum Gasteiger partial charge on any atom is 0.260 e. The van der Waals surface area contributed by atoms with Crippen LogP contribution in [-0.4, -0.2) is 43.6 Å². The summed E-state index contributed by atoms with van der Waals surface area (Å²) >= 11 is 0. The van der Waals surface area contributed by atoms with Crippen molar-refractivity contribution in [2.24, 2.45) is 0 Å². The summed E-state index contributed by atoms with van der Waals surface area (Å²) in [7, 11) is 1.81. The Labute approximate surface area is 112 Å². The first-order valence-electron chi connectivity index (χ1n) is 6.51. The highest BCUT2D eigenvalue weighted by Gasteiger charge is 2.21. The molecular formula is C14H19FN2O2. The van der Waals surface area contributed by atoms with Crippen LogP contribution in [0, 0.1) is 5.82 Å². The first-order chi connectivity index (χ1) is 9.16. The van der Waals surface area contributed by atoms with E-state index in [0.29, 0.717) is 5.75 Å². The molecule has 0 atom stereocenters. The molecule has 1 aromatic carbocycles. The molecule has 0 aliphatic carbocycles. The summed E-state index contributed by atoms with van der Waals surface area (Å²) in [6.45, 7) is 1.88. The molecule has 1 aliphatic heterocycles. The van der Waals surface area contributed by atoms with Crippen molar-refractivity contribution in [3.05, 3.63) is 30.1 Å². The fraction of sp³-hybridized carbons (Fsp3) is 0.500. The zero-order valence-corrected chi connectivity index (χ0v) is 11.1. The Hall–Kier alpha value is -1.62. The third kappa shape index (κ3) is 3.92. The van der Waals surface area contributed by atoms with Crippen molar-refractivity contribution in [3.63, 3.8) is 0 Å². The number of carbonyl (C=O) groups is 1. The fourth-order valence-corrected chi connectivity index (χ4v) is 2.18. The highest BCUT2D eigenvalue weighted by atomic mass is 19.1. The number of nitrogens with one attached hydrogen (secondary N) is 1. The first kappa shape index (κ1) is 13.8. The third-order valence-corrected chi connectivity index (χ3v) is 3.43.